The van der Waals surface area contributed by atoms with E-state index < -0.39 is 0 Å². The highest BCUT2D eigenvalue weighted by Gasteiger charge is 2.09. The SMILES string of the molecule is Cc1ccc(-c2nc(CCNC(=O)c3ccc(-n4cnnn4)cc3)co2)cc1. The van der Waals surface area contributed by atoms with Crippen molar-refractivity contribution in [1.82, 2.24) is 30.5 Å². The molecule has 2 aromatic carbocycles. The summed E-state index contributed by atoms with van der Waals surface area (Å²) in [7, 11) is 0. The smallest absolute Gasteiger partial charge is 0.251 e. The van der Waals surface area contributed by atoms with Crippen LogP contribution in [-0.4, -0.2) is 37.6 Å². The first-order valence-electron chi connectivity index (χ1n) is 8.82. The lowest BCUT2D eigenvalue weighted by Gasteiger charge is -2.05. The van der Waals surface area contributed by atoms with Crippen molar-refractivity contribution in [2.45, 2.75) is 13.3 Å². The predicted octanol–water partition coefficient (Wildman–Crippen LogP) is 2.60. The highest BCUT2D eigenvalue weighted by molar-refractivity contribution is 5.94. The number of benzene rings is 2. The van der Waals surface area contributed by atoms with Gasteiger partial charge in [0.05, 0.1) is 11.4 Å². The Morgan fingerprint density at radius 3 is 2.61 bits per heavy atom. The molecule has 8 heteroatoms. The number of amides is 1. The van der Waals surface area contributed by atoms with E-state index in [9.17, 15) is 4.79 Å². The molecule has 0 aliphatic carbocycles. The maximum atomic E-state index is 12.3. The third kappa shape index (κ3) is 3.96. The van der Waals surface area contributed by atoms with Crippen molar-refractivity contribution in [3.8, 4) is 17.1 Å². The molecule has 1 amide bonds. The monoisotopic (exact) mass is 374 g/mol. The Bertz CT molecular complexity index is 1050. The fourth-order valence-corrected chi connectivity index (χ4v) is 2.70. The van der Waals surface area contributed by atoms with Crippen LogP contribution in [0.15, 0.2) is 65.5 Å². The summed E-state index contributed by atoms with van der Waals surface area (Å²) in [4.78, 5) is 16.8. The molecule has 140 valence electrons. The second-order valence-electron chi connectivity index (χ2n) is 6.32. The van der Waals surface area contributed by atoms with Crippen molar-refractivity contribution in [2.75, 3.05) is 6.54 Å². The molecular formula is C20H18N6O2. The van der Waals surface area contributed by atoms with Crippen molar-refractivity contribution >= 4 is 5.91 Å². The van der Waals surface area contributed by atoms with E-state index in [1.54, 1.807) is 30.5 Å². The van der Waals surface area contributed by atoms with Crippen molar-refractivity contribution in [1.29, 1.82) is 0 Å². The van der Waals surface area contributed by atoms with Crippen LogP contribution in [-0.2, 0) is 6.42 Å². The van der Waals surface area contributed by atoms with Crippen LogP contribution in [0.4, 0.5) is 0 Å². The number of aromatic nitrogens is 5. The number of nitrogens with one attached hydrogen (secondary N) is 1. The molecule has 1 N–H and O–H groups in total. The standard InChI is InChI=1S/C20H18N6O2/c1-14-2-4-16(5-3-14)20-23-17(12-28-20)10-11-21-19(27)15-6-8-18(9-7-15)26-13-22-24-25-26/h2-9,12-13H,10-11H2,1H3,(H,21,27). The maximum Gasteiger partial charge on any atom is 0.251 e. The van der Waals surface area contributed by atoms with Crippen LogP contribution in [0.1, 0.15) is 21.6 Å². The molecule has 0 spiro atoms. The Morgan fingerprint density at radius 1 is 1.11 bits per heavy atom. The number of oxazole rings is 1. The van der Waals surface area contributed by atoms with Crippen molar-refractivity contribution in [2.24, 2.45) is 0 Å². The molecule has 0 atom stereocenters. The molecular weight excluding hydrogens is 356 g/mol. The molecule has 4 rings (SSSR count). The van der Waals surface area contributed by atoms with Crippen LogP contribution >= 0.6 is 0 Å². The van der Waals surface area contributed by atoms with E-state index in [0.717, 1.165) is 16.9 Å². The number of tetrazole rings is 1. The van der Waals surface area contributed by atoms with Crippen LogP contribution in [0, 0.1) is 6.92 Å². The Hall–Kier alpha value is -3.81. The van der Waals surface area contributed by atoms with E-state index in [4.69, 9.17) is 4.42 Å². The molecule has 28 heavy (non-hydrogen) atoms. The highest BCUT2D eigenvalue weighted by atomic mass is 16.3. The fraction of sp³-hybridized carbons (Fsp3) is 0.150. The zero-order valence-corrected chi connectivity index (χ0v) is 15.2. The molecule has 0 saturated carbocycles. The first-order chi connectivity index (χ1) is 13.7. The van der Waals surface area contributed by atoms with Gasteiger partial charge in [-0.15, -0.1) is 5.10 Å². The van der Waals surface area contributed by atoms with Gasteiger partial charge in [-0.3, -0.25) is 4.79 Å². The number of rotatable bonds is 6. The Morgan fingerprint density at radius 2 is 1.89 bits per heavy atom. The summed E-state index contributed by atoms with van der Waals surface area (Å²) >= 11 is 0. The molecule has 0 fully saturated rings. The average molecular weight is 374 g/mol. The minimum atomic E-state index is -0.148. The quantitative estimate of drug-likeness (QED) is 0.557. The van der Waals surface area contributed by atoms with Crippen LogP contribution in [0.3, 0.4) is 0 Å². The fourth-order valence-electron chi connectivity index (χ4n) is 2.70. The number of hydrogen-bond donors (Lipinski definition) is 1. The predicted molar refractivity (Wildman–Crippen MR) is 102 cm³/mol. The first-order valence-corrected chi connectivity index (χ1v) is 8.82. The van der Waals surface area contributed by atoms with E-state index in [-0.39, 0.29) is 5.91 Å². The van der Waals surface area contributed by atoms with Gasteiger partial charge in [0, 0.05) is 24.1 Å². The minimum absolute atomic E-state index is 0.148. The van der Waals surface area contributed by atoms with E-state index in [1.165, 1.54) is 16.6 Å². The number of hydrogen-bond acceptors (Lipinski definition) is 6. The lowest BCUT2D eigenvalue weighted by atomic mass is 10.1. The lowest BCUT2D eigenvalue weighted by Crippen LogP contribution is -2.25. The molecule has 0 radical (unpaired) electrons. The third-order valence-electron chi connectivity index (χ3n) is 4.26. The van der Waals surface area contributed by atoms with Gasteiger partial charge in [-0.1, -0.05) is 17.7 Å². The topological polar surface area (TPSA) is 98.7 Å². The summed E-state index contributed by atoms with van der Waals surface area (Å²) in [5.74, 6) is 0.435. The largest absolute Gasteiger partial charge is 0.444 e. The Labute approximate surface area is 161 Å². The van der Waals surface area contributed by atoms with E-state index in [1.807, 2.05) is 31.2 Å². The normalized spacial score (nSPS) is 10.8. The number of carbonyl (C=O) groups excluding carboxylic acids is 1. The van der Waals surface area contributed by atoms with Crippen LogP contribution < -0.4 is 5.32 Å². The van der Waals surface area contributed by atoms with Gasteiger partial charge in [-0.05, 0) is 53.7 Å². The number of carbonyl (C=O) groups is 1. The Balaban J connectivity index is 1.31. The van der Waals surface area contributed by atoms with Crippen molar-refractivity contribution in [3.05, 3.63) is 77.9 Å². The molecule has 4 aromatic rings. The molecule has 0 unspecified atom stereocenters. The third-order valence-corrected chi connectivity index (χ3v) is 4.26. The van der Waals surface area contributed by atoms with Gasteiger partial charge >= 0.3 is 0 Å². The summed E-state index contributed by atoms with van der Waals surface area (Å²) in [5.41, 5.74) is 4.27. The average Bonchev–Trinajstić information content (AvgIpc) is 3.41. The molecule has 2 aromatic heterocycles. The van der Waals surface area contributed by atoms with Gasteiger partial charge in [-0.25, -0.2) is 9.67 Å². The van der Waals surface area contributed by atoms with Gasteiger partial charge in [-0.2, -0.15) is 0 Å². The number of nitrogens with zero attached hydrogens (tertiary/aromatic N) is 5. The van der Waals surface area contributed by atoms with Crippen LogP contribution in [0.2, 0.25) is 0 Å². The molecule has 8 nitrogen and oxygen atoms in total. The summed E-state index contributed by atoms with van der Waals surface area (Å²) in [6.07, 6.45) is 3.71. The van der Waals surface area contributed by atoms with Crippen LogP contribution in [0.5, 0.6) is 0 Å². The summed E-state index contributed by atoms with van der Waals surface area (Å²) < 4.78 is 7.06. The molecule has 0 aliphatic rings. The second-order valence-corrected chi connectivity index (χ2v) is 6.32. The summed E-state index contributed by atoms with van der Waals surface area (Å²) in [6.45, 7) is 2.50. The Kier molecular flexibility index (Phi) is 4.92. The summed E-state index contributed by atoms with van der Waals surface area (Å²) in [6, 6.07) is 15.0. The number of aryl methyl sites for hydroxylation is 1. The van der Waals surface area contributed by atoms with Gasteiger partial charge in [0.1, 0.15) is 12.6 Å². The van der Waals surface area contributed by atoms with Crippen molar-refractivity contribution < 1.29 is 9.21 Å². The van der Waals surface area contributed by atoms with Gasteiger partial charge in [0.15, 0.2) is 0 Å². The molecule has 0 bridgehead atoms. The molecule has 2 heterocycles. The highest BCUT2D eigenvalue weighted by Crippen LogP contribution is 2.19. The summed E-state index contributed by atoms with van der Waals surface area (Å²) in [5, 5.41) is 13.9. The van der Waals surface area contributed by atoms with E-state index in [0.29, 0.717) is 24.4 Å². The molecule has 0 saturated heterocycles. The first kappa shape index (κ1) is 17.6. The molecule has 0 aliphatic heterocycles. The van der Waals surface area contributed by atoms with Gasteiger partial charge in [0.25, 0.3) is 5.91 Å². The van der Waals surface area contributed by atoms with Gasteiger partial charge < -0.3 is 9.73 Å². The zero-order valence-electron chi connectivity index (χ0n) is 15.2. The second kappa shape index (κ2) is 7.83. The van der Waals surface area contributed by atoms with Crippen LogP contribution in [0.25, 0.3) is 17.1 Å². The van der Waals surface area contributed by atoms with Crippen molar-refractivity contribution in [3.63, 3.8) is 0 Å². The van der Waals surface area contributed by atoms with Gasteiger partial charge in [0.2, 0.25) is 5.89 Å². The van der Waals surface area contributed by atoms with E-state index in [2.05, 4.69) is 25.8 Å². The lowest BCUT2D eigenvalue weighted by molar-refractivity contribution is 0.0954. The van der Waals surface area contributed by atoms with E-state index >= 15 is 0 Å². The minimum Gasteiger partial charge on any atom is -0.444 e. The zero-order chi connectivity index (χ0) is 19.3. The maximum absolute atomic E-state index is 12.3.